The molecule has 0 fully saturated rings. The summed E-state index contributed by atoms with van der Waals surface area (Å²) in [5.74, 6) is 0.553. The molecule has 1 N–H and O–H groups in total. The van der Waals surface area contributed by atoms with Gasteiger partial charge in [0.1, 0.15) is 0 Å². The Bertz CT molecular complexity index is 387. The number of halogens is 1. The quantitative estimate of drug-likeness (QED) is 0.772. The van der Waals surface area contributed by atoms with Crippen molar-refractivity contribution in [1.29, 1.82) is 0 Å². The van der Waals surface area contributed by atoms with Crippen molar-refractivity contribution in [2.75, 3.05) is 19.7 Å². The van der Waals surface area contributed by atoms with Crippen molar-refractivity contribution in [3.8, 4) is 0 Å². The molecule has 1 unspecified atom stereocenters. The van der Waals surface area contributed by atoms with Crippen LogP contribution < -0.4 is 5.32 Å². The molecule has 114 valence electrons. The largest absolute Gasteiger partial charge is 0.376 e. The molecule has 0 aliphatic rings. The summed E-state index contributed by atoms with van der Waals surface area (Å²) in [6.07, 6.45) is 2.05. The molecule has 1 aromatic rings. The molecule has 0 amide bonds. The molecule has 0 aromatic heterocycles. The van der Waals surface area contributed by atoms with Gasteiger partial charge >= 0.3 is 0 Å². The summed E-state index contributed by atoms with van der Waals surface area (Å²) >= 11 is 6.26. The van der Waals surface area contributed by atoms with E-state index >= 15 is 0 Å². The molecule has 1 rings (SSSR count). The van der Waals surface area contributed by atoms with Crippen LogP contribution in [0.3, 0.4) is 0 Å². The fraction of sp³-hybridized carbons (Fsp3) is 0.647. The van der Waals surface area contributed by atoms with Crippen LogP contribution in [0.1, 0.15) is 39.7 Å². The third-order valence-electron chi connectivity index (χ3n) is 3.21. The Labute approximate surface area is 128 Å². The number of ether oxygens (including phenoxy) is 1. The lowest BCUT2D eigenvalue weighted by Gasteiger charge is -2.23. The van der Waals surface area contributed by atoms with Crippen molar-refractivity contribution in [2.45, 2.75) is 46.1 Å². The highest BCUT2D eigenvalue weighted by molar-refractivity contribution is 6.31. The average molecular weight is 298 g/mol. The number of hydrogen-bond acceptors (Lipinski definition) is 2. The number of nitrogens with one attached hydrogen (secondary N) is 1. The van der Waals surface area contributed by atoms with Gasteiger partial charge in [-0.2, -0.15) is 0 Å². The molecule has 0 bridgehead atoms. The van der Waals surface area contributed by atoms with Gasteiger partial charge in [0, 0.05) is 11.6 Å². The zero-order chi connectivity index (χ0) is 15.0. The standard InChI is InChI=1S/C17H28ClNO/c1-5-19-13-14(10-11-20-17(2,3)4)12-15-8-6-7-9-16(15)18/h6-9,14,19H,5,10-13H2,1-4H3. The first kappa shape index (κ1) is 17.5. The summed E-state index contributed by atoms with van der Waals surface area (Å²) < 4.78 is 5.85. The molecule has 0 spiro atoms. The molecule has 1 atom stereocenters. The maximum atomic E-state index is 6.26. The van der Waals surface area contributed by atoms with Gasteiger partial charge in [0.05, 0.1) is 5.60 Å². The summed E-state index contributed by atoms with van der Waals surface area (Å²) in [6, 6.07) is 8.11. The van der Waals surface area contributed by atoms with Gasteiger partial charge < -0.3 is 10.1 Å². The van der Waals surface area contributed by atoms with Gasteiger partial charge in [-0.05, 0) is 64.3 Å². The Hall–Kier alpha value is -0.570. The van der Waals surface area contributed by atoms with Gasteiger partial charge in [0.15, 0.2) is 0 Å². The summed E-state index contributed by atoms with van der Waals surface area (Å²) in [5.41, 5.74) is 1.17. The van der Waals surface area contributed by atoms with Gasteiger partial charge in [0.25, 0.3) is 0 Å². The van der Waals surface area contributed by atoms with E-state index in [1.54, 1.807) is 0 Å². The highest BCUT2D eigenvalue weighted by Gasteiger charge is 2.14. The molecule has 0 saturated carbocycles. The van der Waals surface area contributed by atoms with Crippen LogP contribution in [0.25, 0.3) is 0 Å². The predicted molar refractivity (Wildman–Crippen MR) is 87.5 cm³/mol. The lowest BCUT2D eigenvalue weighted by molar-refractivity contribution is -0.00918. The number of benzene rings is 1. The van der Waals surface area contributed by atoms with Crippen LogP contribution in [0.2, 0.25) is 5.02 Å². The van der Waals surface area contributed by atoms with Crippen LogP contribution in [0.5, 0.6) is 0 Å². The average Bonchev–Trinajstić information content (AvgIpc) is 2.36. The molecular weight excluding hydrogens is 270 g/mol. The molecule has 0 saturated heterocycles. The summed E-state index contributed by atoms with van der Waals surface area (Å²) in [4.78, 5) is 0. The van der Waals surface area contributed by atoms with E-state index in [9.17, 15) is 0 Å². The molecule has 3 heteroatoms. The Balaban J connectivity index is 2.53. The van der Waals surface area contributed by atoms with Crippen LogP contribution >= 0.6 is 11.6 Å². The fourth-order valence-electron chi connectivity index (χ4n) is 2.13. The first-order valence-corrected chi connectivity index (χ1v) is 7.88. The van der Waals surface area contributed by atoms with Crippen molar-refractivity contribution in [2.24, 2.45) is 5.92 Å². The molecule has 20 heavy (non-hydrogen) atoms. The Morgan fingerprint density at radius 2 is 1.95 bits per heavy atom. The third kappa shape index (κ3) is 7.28. The summed E-state index contributed by atoms with van der Waals surface area (Å²) in [6.45, 7) is 11.2. The van der Waals surface area contributed by atoms with E-state index in [-0.39, 0.29) is 5.60 Å². The van der Waals surface area contributed by atoms with E-state index < -0.39 is 0 Å². The molecule has 0 aliphatic heterocycles. The minimum atomic E-state index is -0.0624. The van der Waals surface area contributed by atoms with Crippen molar-refractivity contribution >= 4 is 11.6 Å². The second kappa shape index (κ2) is 8.66. The fourth-order valence-corrected chi connectivity index (χ4v) is 2.34. The van der Waals surface area contributed by atoms with Crippen molar-refractivity contribution in [1.82, 2.24) is 5.32 Å². The van der Waals surface area contributed by atoms with Gasteiger partial charge in [0.2, 0.25) is 0 Å². The van der Waals surface area contributed by atoms with Gasteiger partial charge in [-0.1, -0.05) is 36.7 Å². The first-order valence-electron chi connectivity index (χ1n) is 7.50. The van der Waals surface area contributed by atoms with Gasteiger partial charge in [-0.25, -0.2) is 0 Å². The molecular formula is C17H28ClNO. The van der Waals surface area contributed by atoms with E-state index in [1.807, 2.05) is 12.1 Å². The zero-order valence-electron chi connectivity index (χ0n) is 13.2. The van der Waals surface area contributed by atoms with Crippen LogP contribution in [0.4, 0.5) is 0 Å². The Kier molecular flexibility index (Phi) is 7.57. The van der Waals surface area contributed by atoms with Crippen LogP contribution in [-0.4, -0.2) is 25.3 Å². The van der Waals surface area contributed by atoms with E-state index in [2.05, 4.69) is 45.1 Å². The minimum Gasteiger partial charge on any atom is -0.376 e. The van der Waals surface area contributed by atoms with Crippen molar-refractivity contribution in [3.05, 3.63) is 34.9 Å². The maximum absolute atomic E-state index is 6.26. The molecule has 1 aromatic carbocycles. The molecule has 0 aliphatic carbocycles. The third-order valence-corrected chi connectivity index (χ3v) is 3.58. The lowest BCUT2D eigenvalue weighted by atomic mass is 9.96. The Morgan fingerprint density at radius 3 is 2.55 bits per heavy atom. The normalized spacial score (nSPS) is 13.4. The summed E-state index contributed by atoms with van der Waals surface area (Å²) in [5, 5.41) is 4.30. The predicted octanol–water partition coefficient (Wildman–Crippen LogP) is 4.31. The highest BCUT2D eigenvalue weighted by atomic mass is 35.5. The number of rotatable bonds is 8. The number of hydrogen-bond donors (Lipinski definition) is 1. The van der Waals surface area contributed by atoms with Crippen LogP contribution in [0.15, 0.2) is 24.3 Å². The second-order valence-corrected chi connectivity index (χ2v) is 6.63. The zero-order valence-corrected chi connectivity index (χ0v) is 14.0. The smallest absolute Gasteiger partial charge is 0.0598 e. The monoisotopic (exact) mass is 297 g/mol. The van der Waals surface area contributed by atoms with Crippen molar-refractivity contribution in [3.63, 3.8) is 0 Å². The van der Waals surface area contributed by atoms with E-state index in [1.165, 1.54) is 5.56 Å². The first-order chi connectivity index (χ1) is 9.42. The molecule has 0 radical (unpaired) electrons. The topological polar surface area (TPSA) is 21.3 Å². The van der Waals surface area contributed by atoms with E-state index in [0.717, 1.165) is 37.6 Å². The molecule has 2 nitrogen and oxygen atoms in total. The maximum Gasteiger partial charge on any atom is 0.0598 e. The van der Waals surface area contributed by atoms with Crippen LogP contribution in [0, 0.1) is 5.92 Å². The van der Waals surface area contributed by atoms with Crippen LogP contribution in [-0.2, 0) is 11.2 Å². The SMILES string of the molecule is CCNCC(CCOC(C)(C)C)Cc1ccccc1Cl. The molecule has 0 heterocycles. The van der Waals surface area contributed by atoms with Gasteiger partial charge in [-0.15, -0.1) is 0 Å². The van der Waals surface area contributed by atoms with E-state index in [4.69, 9.17) is 16.3 Å². The summed E-state index contributed by atoms with van der Waals surface area (Å²) in [7, 11) is 0. The van der Waals surface area contributed by atoms with E-state index in [0.29, 0.717) is 5.92 Å². The highest BCUT2D eigenvalue weighted by Crippen LogP contribution is 2.21. The van der Waals surface area contributed by atoms with Crippen molar-refractivity contribution < 1.29 is 4.74 Å². The second-order valence-electron chi connectivity index (χ2n) is 6.22. The minimum absolute atomic E-state index is 0.0624. The van der Waals surface area contributed by atoms with Gasteiger partial charge in [-0.3, -0.25) is 0 Å². The lowest BCUT2D eigenvalue weighted by Crippen LogP contribution is -2.27. The Morgan fingerprint density at radius 1 is 1.25 bits per heavy atom.